The van der Waals surface area contributed by atoms with Crippen molar-refractivity contribution in [3.05, 3.63) is 40.9 Å². The van der Waals surface area contributed by atoms with Crippen molar-refractivity contribution in [2.75, 3.05) is 25.6 Å². The molecular formula is C14H17N3O2S. The highest BCUT2D eigenvalue weighted by Crippen LogP contribution is 2.21. The van der Waals surface area contributed by atoms with E-state index >= 15 is 0 Å². The highest BCUT2D eigenvalue weighted by Gasteiger charge is 2.10. The van der Waals surface area contributed by atoms with Gasteiger partial charge >= 0.3 is 0 Å². The lowest BCUT2D eigenvalue weighted by atomic mass is 10.2. The fourth-order valence-corrected chi connectivity index (χ4v) is 2.35. The van der Waals surface area contributed by atoms with Crippen LogP contribution in [0.4, 0.5) is 10.8 Å². The van der Waals surface area contributed by atoms with Gasteiger partial charge in [0, 0.05) is 24.7 Å². The molecule has 0 bridgehead atoms. The molecule has 6 heteroatoms. The Bertz CT molecular complexity index is 583. The summed E-state index contributed by atoms with van der Waals surface area (Å²) in [6.07, 6.45) is 0. The predicted molar refractivity (Wildman–Crippen MR) is 80.8 cm³/mol. The van der Waals surface area contributed by atoms with E-state index < -0.39 is 0 Å². The van der Waals surface area contributed by atoms with Gasteiger partial charge in [-0.2, -0.15) is 0 Å². The molecule has 2 N–H and O–H groups in total. The maximum atomic E-state index is 11.8. The molecule has 1 aromatic heterocycles. The normalized spacial score (nSPS) is 10.3. The number of anilines is 2. The first-order valence-corrected chi connectivity index (χ1v) is 7.13. The molecular weight excluding hydrogens is 274 g/mol. The van der Waals surface area contributed by atoms with Gasteiger partial charge in [-0.25, -0.2) is 4.98 Å². The second-order valence-electron chi connectivity index (χ2n) is 4.28. The van der Waals surface area contributed by atoms with Gasteiger partial charge in [0.25, 0.3) is 5.91 Å². The van der Waals surface area contributed by atoms with E-state index in [-0.39, 0.29) is 5.91 Å². The average molecular weight is 291 g/mol. The third-order valence-corrected chi connectivity index (χ3v) is 3.36. The van der Waals surface area contributed by atoms with Gasteiger partial charge in [-0.15, -0.1) is 11.3 Å². The van der Waals surface area contributed by atoms with E-state index in [9.17, 15) is 4.79 Å². The molecule has 0 aliphatic carbocycles. The highest BCUT2D eigenvalue weighted by atomic mass is 32.1. The number of thiazole rings is 1. The summed E-state index contributed by atoms with van der Waals surface area (Å²) in [6.45, 7) is 3.00. The number of carbonyl (C=O) groups excluding carboxylic acids is 1. The number of amides is 1. The molecule has 0 unspecified atom stereocenters. The Morgan fingerprint density at radius 2 is 2.30 bits per heavy atom. The molecule has 0 aliphatic rings. The third-order valence-electron chi connectivity index (χ3n) is 2.60. The lowest BCUT2D eigenvalue weighted by Crippen LogP contribution is -2.27. The highest BCUT2D eigenvalue weighted by molar-refractivity contribution is 7.14. The standard InChI is InChI=1S/C14H17N3O2S/c1-10-4-3-5-11(8-10)16-14-17-12(9-20-14)13(18)15-6-7-19-2/h3-5,8-9H,6-7H2,1-2H3,(H,15,18)(H,16,17). The average Bonchev–Trinajstić information content (AvgIpc) is 2.87. The number of carbonyl (C=O) groups is 1. The second kappa shape index (κ2) is 7.02. The maximum Gasteiger partial charge on any atom is 0.270 e. The molecule has 106 valence electrons. The van der Waals surface area contributed by atoms with Gasteiger partial charge in [-0.3, -0.25) is 4.79 Å². The molecule has 0 fully saturated rings. The van der Waals surface area contributed by atoms with E-state index in [1.165, 1.54) is 16.9 Å². The van der Waals surface area contributed by atoms with E-state index in [0.717, 1.165) is 5.69 Å². The Morgan fingerprint density at radius 3 is 3.05 bits per heavy atom. The van der Waals surface area contributed by atoms with Crippen LogP contribution in [0, 0.1) is 6.92 Å². The summed E-state index contributed by atoms with van der Waals surface area (Å²) in [7, 11) is 1.60. The summed E-state index contributed by atoms with van der Waals surface area (Å²) in [6, 6.07) is 8.00. The SMILES string of the molecule is COCCNC(=O)c1csc(Nc2cccc(C)c2)n1. The van der Waals surface area contributed by atoms with Crippen molar-refractivity contribution in [1.82, 2.24) is 10.3 Å². The molecule has 1 heterocycles. The number of nitrogens with one attached hydrogen (secondary N) is 2. The van der Waals surface area contributed by atoms with Crippen LogP contribution in [0.2, 0.25) is 0 Å². The van der Waals surface area contributed by atoms with Crippen LogP contribution in [-0.2, 0) is 4.74 Å². The Kier molecular flexibility index (Phi) is 5.09. The molecule has 2 rings (SSSR count). The van der Waals surface area contributed by atoms with Crippen molar-refractivity contribution in [1.29, 1.82) is 0 Å². The van der Waals surface area contributed by atoms with E-state index in [4.69, 9.17) is 4.74 Å². The summed E-state index contributed by atoms with van der Waals surface area (Å²) >= 11 is 1.40. The number of benzene rings is 1. The zero-order valence-corrected chi connectivity index (χ0v) is 12.3. The fourth-order valence-electron chi connectivity index (χ4n) is 1.64. The molecule has 0 spiro atoms. The maximum absolute atomic E-state index is 11.8. The Hall–Kier alpha value is -1.92. The van der Waals surface area contributed by atoms with Gasteiger partial charge in [-0.1, -0.05) is 12.1 Å². The summed E-state index contributed by atoms with van der Waals surface area (Å²) in [5, 5.41) is 8.37. The van der Waals surface area contributed by atoms with Gasteiger partial charge in [0.05, 0.1) is 6.61 Å². The summed E-state index contributed by atoms with van der Waals surface area (Å²) in [5.74, 6) is -0.185. The third kappa shape index (κ3) is 4.04. The van der Waals surface area contributed by atoms with Gasteiger partial charge < -0.3 is 15.4 Å². The van der Waals surface area contributed by atoms with Gasteiger partial charge in [0.2, 0.25) is 0 Å². The minimum absolute atomic E-state index is 0.185. The molecule has 0 saturated carbocycles. The van der Waals surface area contributed by atoms with Crippen molar-refractivity contribution in [2.45, 2.75) is 6.92 Å². The quantitative estimate of drug-likeness (QED) is 0.803. The summed E-state index contributed by atoms with van der Waals surface area (Å²) < 4.78 is 4.88. The lowest BCUT2D eigenvalue weighted by molar-refractivity contribution is 0.0933. The Labute approximate surface area is 122 Å². The van der Waals surface area contributed by atoms with E-state index in [0.29, 0.717) is 24.0 Å². The van der Waals surface area contributed by atoms with Gasteiger partial charge in [0.1, 0.15) is 5.69 Å². The van der Waals surface area contributed by atoms with Crippen molar-refractivity contribution >= 4 is 28.1 Å². The predicted octanol–water partition coefficient (Wildman–Crippen LogP) is 2.57. The number of aromatic nitrogens is 1. The first-order valence-electron chi connectivity index (χ1n) is 6.25. The fraction of sp³-hybridized carbons (Fsp3) is 0.286. The van der Waals surface area contributed by atoms with Crippen LogP contribution >= 0.6 is 11.3 Å². The van der Waals surface area contributed by atoms with Crippen LogP contribution in [-0.4, -0.2) is 31.2 Å². The van der Waals surface area contributed by atoms with E-state index in [1.807, 2.05) is 31.2 Å². The molecule has 0 aliphatic heterocycles. The zero-order valence-electron chi connectivity index (χ0n) is 11.5. The zero-order chi connectivity index (χ0) is 14.4. The second-order valence-corrected chi connectivity index (χ2v) is 5.14. The minimum atomic E-state index is -0.185. The summed E-state index contributed by atoms with van der Waals surface area (Å²) in [4.78, 5) is 16.1. The van der Waals surface area contributed by atoms with Crippen LogP contribution in [0.25, 0.3) is 0 Å². The largest absolute Gasteiger partial charge is 0.383 e. The number of ether oxygens (including phenoxy) is 1. The van der Waals surface area contributed by atoms with Crippen LogP contribution in [0.5, 0.6) is 0 Å². The van der Waals surface area contributed by atoms with Gasteiger partial charge in [0.15, 0.2) is 5.13 Å². The van der Waals surface area contributed by atoms with E-state index in [2.05, 4.69) is 15.6 Å². The van der Waals surface area contributed by atoms with Crippen molar-refractivity contribution in [3.63, 3.8) is 0 Å². The minimum Gasteiger partial charge on any atom is -0.383 e. The molecule has 0 atom stereocenters. The number of aryl methyl sites for hydroxylation is 1. The Morgan fingerprint density at radius 1 is 1.45 bits per heavy atom. The molecule has 1 aromatic carbocycles. The topological polar surface area (TPSA) is 63.2 Å². The van der Waals surface area contributed by atoms with Crippen LogP contribution in [0.3, 0.4) is 0 Å². The van der Waals surface area contributed by atoms with Crippen molar-refractivity contribution in [3.8, 4) is 0 Å². The summed E-state index contributed by atoms with van der Waals surface area (Å²) in [5.41, 5.74) is 2.55. The molecule has 0 radical (unpaired) electrons. The van der Waals surface area contributed by atoms with Crippen LogP contribution in [0.1, 0.15) is 16.1 Å². The number of methoxy groups -OCH3 is 1. The molecule has 5 nitrogen and oxygen atoms in total. The van der Waals surface area contributed by atoms with Gasteiger partial charge in [-0.05, 0) is 24.6 Å². The number of rotatable bonds is 6. The van der Waals surface area contributed by atoms with Crippen molar-refractivity contribution < 1.29 is 9.53 Å². The van der Waals surface area contributed by atoms with E-state index in [1.54, 1.807) is 12.5 Å². The molecule has 0 saturated heterocycles. The molecule has 2 aromatic rings. The smallest absolute Gasteiger partial charge is 0.270 e. The Balaban J connectivity index is 1.96. The number of nitrogens with zero attached hydrogens (tertiary/aromatic N) is 1. The first-order chi connectivity index (χ1) is 9.69. The first kappa shape index (κ1) is 14.5. The lowest BCUT2D eigenvalue weighted by Gasteiger charge is -2.03. The molecule has 1 amide bonds. The van der Waals surface area contributed by atoms with Crippen LogP contribution < -0.4 is 10.6 Å². The van der Waals surface area contributed by atoms with Crippen molar-refractivity contribution in [2.24, 2.45) is 0 Å². The number of hydrogen-bond donors (Lipinski definition) is 2. The molecule has 20 heavy (non-hydrogen) atoms. The van der Waals surface area contributed by atoms with Crippen LogP contribution in [0.15, 0.2) is 29.6 Å². The monoisotopic (exact) mass is 291 g/mol. The number of hydrogen-bond acceptors (Lipinski definition) is 5.